The van der Waals surface area contributed by atoms with E-state index >= 15 is 0 Å². The van der Waals surface area contributed by atoms with Gasteiger partial charge in [0.05, 0.1) is 5.69 Å². The van der Waals surface area contributed by atoms with Gasteiger partial charge in [0.25, 0.3) is 0 Å². The Morgan fingerprint density at radius 3 is 1.55 bits per heavy atom. The molecule has 0 aromatic heterocycles. The maximum absolute atomic E-state index is 14.4. The average molecular weight is 644 g/mol. The van der Waals surface area contributed by atoms with E-state index in [9.17, 15) is 57.9 Å². The van der Waals surface area contributed by atoms with Crippen LogP contribution in [0.15, 0.2) is 90.7 Å². The number of rotatable bonds is 9. The molecular formula is C26H15F11N2O5. The number of halogens is 11. The van der Waals surface area contributed by atoms with Crippen LogP contribution in [-0.2, 0) is 0 Å². The Bertz CT molecular complexity index is 1520. The highest BCUT2D eigenvalue weighted by atomic mass is 19.4. The molecule has 0 fully saturated rings. The molecule has 236 valence electrons. The normalized spacial score (nSPS) is 13.0. The zero-order chi connectivity index (χ0) is 32.9. The van der Waals surface area contributed by atoms with E-state index in [-0.39, 0.29) is 11.5 Å². The van der Waals surface area contributed by atoms with E-state index in [1.807, 2.05) is 10.6 Å². The van der Waals surface area contributed by atoms with Crippen LogP contribution >= 0.6 is 0 Å². The Morgan fingerprint density at radius 2 is 1.07 bits per heavy atom. The van der Waals surface area contributed by atoms with Gasteiger partial charge in [-0.05, 0) is 36.4 Å². The van der Waals surface area contributed by atoms with Crippen molar-refractivity contribution in [2.75, 3.05) is 10.6 Å². The highest BCUT2D eigenvalue weighted by Crippen LogP contribution is 2.56. The lowest BCUT2D eigenvalue weighted by atomic mass is 10.0. The minimum Gasteiger partial charge on any atom is -0.427 e. The number of amides is 2. The van der Waals surface area contributed by atoms with E-state index in [0.717, 1.165) is 12.1 Å². The molecule has 0 saturated carbocycles. The van der Waals surface area contributed by atoms with Crippen LogP contribution in [0.5, 0.6) is 17.2 Å². The van der Waals surface area contributed by atoms with E-state index in [4.69, 9.17) is 9.47 Å². The van der Waals surface area contributed by atoms with E-state index in [1.54, 1.807) is 12.1 Å². The second-order valence-electron chi connectivity index (χ2n) is 8.28. The summed E-state index contributed by atoms with van der Waals surface area (Å²) < 4.78 is 161. The van der Waals surface area contributed by atoms with Gasteiger partial charge in [0, 0.05) is 11.8 Å². The quantitative estimate of drug-likeness (QED) is 0.180. The molecule has 7 nitrogen and oxygen atoms in total. The molecular weight excluding hydrogens is 629 g/mol. The largest absolute Gasteiger partial charge is 0.460 e. The highest BCUT2D eigenvalue weighted by molar-refractivity contribution is 5.91. The molecule has 0 aliphatic rings. The first kappa shape index (κ1) is 33.5. The third kappa shape index (κ3) is 7.30. The van der Waals surface area contributed by atoms with Gasteiger partial charge in [-0.2, -0.15) is 48.3 Å². The molecule has 0 unspecified atom stereocenters. The van der Waals surface area contributed by atoms with Crippen LogP contribution in [0, 0.1) is 0 Å². The molecule has 2 amide bonds. The van der Waals surface area contributed by atoms with Crippen LogP contribution in [0.3, 0.4) is 0 Å². The highest BCUT2D eigenvalue weighted by Gasteiger charge is 2.83. The van der Waals surface area contributed by atoms with Crippen LogP contribution in [0.2, 0.25) is 0 Å². The molecule has 3 aromatic carbocycles. The monoisotopic (exact) mass is 644 g/mol. The number of benzene rings is 3. The smallest absolute Gasteiger partial charge is 0.427 e. The fourth-order valence-electron chi connectivity index (χ4n) is 3.04. The van der Waals surface area contributed by atoms with Gasteiger partial charge in [0.15, 0.2) is 5.75 Å². The number of para-hydroxylation sites is 2. The number of carbonyl (C=O) groups excluding carboxylic acids is 2. The first-order chi connectivity index (χ1) is 20.4. The van der Waals surface area contributed by atoms with Crippen molar-refractivity contribution in [3.05, 3.63) is 90.7 Å². The van der Waals surface area contributed by atoms with E-state index < -0.39 is 65.1 Å². The summed E-state index contributed by atoms with van der Waals surface area (Å²) in [6.07, 6.45) is -9.91. The van der Waals surface area contributed by atoms with E-state index in [2.05, 4.69) is 4.74 Å². The van der Waals surface area contributed by atoms with Crippen molar-refractivity contribution in [1.82, 2.24) is 0 Å². The molecule has 0 aliphatic carbocycles. The van der Waals surface area contributed by atoms with Crippen molar-refractivity contribution in [1.29, 1.82) is 0 Å². The van der Waals surface area contributed by atoms with Crippen molar-refractivity contribution >= 4 is 23.6 Å². The summed E-state index contributed by atoms with van der Waals surface area (Å²) in [6, 6.07) is 13.0. The van der Waals surface area contributed by atoms with Crippen LogP contribution in [-0.4, -0.2) is 36.1 Å². The zero-order valence-electron chi connectivity index (χ0n) is 21.2. The lowest BCUT2D eigenvalue weighted by molar-refractivity contribution is -0.392. The first-order valence-electron chi connectivity index (χ1n) is 11.5. The number of hydrogen-bond donors (Lipinski definition) is 2. The fourth-order valence-corrected chi connectivity index (χ4v) is 3.04. The van der Waals surface area contributed by atoms with Gasteiger partial charge in [-0.25, -0.2) is 9.59 Å². The molecule has 0 bridgehead atoms. The molecule has 0 spiro atoms. The van der Waals surface area contributed by atoms with Gasteiger partial charge in [0.2, 0.25) is 5.83 Å². The molecule has 0 heterocycles. The third-order valence-corrected chi connectivity index (χ3v) is 5.16. The number of ether oxygens (including phenoxy) is 3. The van der Waals surface area contributed by atoms with Crippen LogP contribution in [0.1, 0.15) is 0 Å². The fraction of sp³-hybridized carbons (Fsp3) is 0.154. The Balaban J connectivity index is 1.96. The minimum atomic E-state index is -7.55. The standard InChI is InChI=1S/C26H15F11N2O5/c27-19(23(29,30)24(31,32)25(33,34)26(35,36)37)20(28)44-18-13-14(38-21(40)42-15-7-3-1-4-8-15)11-12-17(18)39-22(41)43-16-9-5-2-6-10-16/h1-13H,(H,38,40)(H,39,41). The topological polar surface area (TPSA) is 85.9 Å². The maximum Gasteiger partial charge on any atom is 0.460 e. The molecule has 0 radical (unpaired) electrons. The number of carbonyl (C=O) groups is 2. The summed E-state index contributed by atoms with van der Waals surface area (Å²) in [4.78, 5) is 24.4. The Hall–Kier alpha value is -5.03. The molecule has 3 aromatic rings. The Labute approximate surface area is 238 Å². The van der Waals surface area contributed by atoms with E-state index in [0.29, 0.717) is 6.07 Å². The summed E-state index contributed by atoms with van der Waals surface area (Å²) >= 11 is 0. The van der Waals surface area contributed by atoms with Crippen molar-refractivity contribution in [3.8, 4) is 17.2 Å². The van der Waals surface area contributed by atoms with Gasteiger partial charge in [-0.3, -0.25) is 10.6 Å². The Kier molecular flexibility index (Phi) is 9.65. The lowest BCUT2D eigenvalue weighted by Gasteiger charge is -2.32. The predicted molar refractivity (Wildman–Crippen MR) is 129 cm³/mol. The van der Waals surface area contributed by atoms with Crippen molar-refractivity contribution < 1.29 is 72.1 Å². The van der Waals surface area contributed by atoms with E-state index in [1.165, 1.54) is 48.5 Å². The second-order valence-corrected chi connectivity index (χ2v) is 8.28. The summed E-state index contributed by atoms with van der Waals surface area (Å²) in [5.74, 6) is -27.7. The number of nitrogens with one attached hydrogen (secondary N) is 2. The SMILES string of the molecule is O=C(Nc1ccc(NC(=O)Oc2ccccc2)c(OC(F)=C(F)C(F)(F)C(F)(F)C(F)(F)C(F)(F)F)c1)Oc1ccccc1. The molecule has 3 rings (SSSR count). The molecule has 0 aliphatic heterocycles. The third-order valence-electron chi connectivity index (χ3n) is 5.16. The summed E-state index contributed by atoms with van der Waals surface area (Å²) in [5, 5.41) is 3.93. The number of alkyl halides is 9. The molecule has 0 saturated heterocycles. The minimum absolute atomic E-state index is 0.0123. The van der Waals surface area contributed by atoms with Gasteiger partial charge < -0.3 is 14.2 Å². The van der Waals surface area contributed by atoms with Crippen LogP contribution in [0.4, 0.5) is 69.3 Å². The lowest BCUT2D eigenvalue weighted by Crippen LogP contribution is -2.61. The maximum atomic E-state index is 14.4. The second kappa shape index (κ2) is 12.7. The number of hydrogen-bond acceptors (Lipinski definition) is 5. The number of allylic oxidation sites excluding steroid dienone is 1. The van der Waals surface area contributed by atoms with Gasteiger partial charge in [-0.1, -0.05) is 36.4 Å². The molecule has 44 heavy (non-hydrogen) atoms. The molecule has 2 N–H and O–H groups in total. The first-order valence-corrected chi connectivity index (χ1v) is 11.5. The summed E-state index contributed by atoms with van der Waals surface area (Å²) in [7, 11) is 0. The Morgan fingerprint density at radius 1 is 0.591 bits per heavy atom. The molecule has 0 atom stereocenters. The molecule has 18 heteroatoms. The summed E-state index contributed by atoms with van der Waals surface area (Å²) in [6.45, 7) is 0. The zero-order valence-corrected chi connectivity index (χ0v) is 21.2. The van der Waals surface area contributed by atoms with Crippen molar-refractivity contribution in [2.24, 2.45) is 0 Å². The van der Waals surface area contributed by atoms with Crippen molar-refractivity contribution in [3.63, 3.8) is 0 Å². The van der Waals surface area contributed by atoms with Gasteiger partial charge >= 0.3 is 42.1 Å². The van der Waals surface area contributed by atoms with Crippen LogP contribution < -0.4 is 24.8 Å². The van der Waals surface area contributed by atoms with Gasteiger partial charge in [0.1, 0.15) is 11.5 Å². The predicted octanol–water partition coefficient (Wildman–Crippen LogP) is 8.86. The number of anilines is 2. The van der Waals surface area contributed by atoms with Crippen molar-refractivity contribution in [2.45, 2.75) is 23.9 Å². The summed E-state index contributed by atoms with van der Waals surface area (Å²) in [5.41, 5.74) is -1.25. The average Bonchev–Trinajstić information content (AvgIpc) is 2.94. The van der Waals surface area contributed by atoms with Crippen LogP contribution in [0.25, 0.3) is 0 Å². The van der Waals surface area contributed by atoms with Gasteiger partial charge in [-0.15, -0.1) is 0 Å².